The number of hydrogen-bond acceptors (Lipinski definition) is 2. The van der Waals surface area contributed by atoms with E-state index in [0.29, 0.717) is 12.2 Å². The fraction of sp³-hybridized carbons (Fsp3) is 1.00. The van der Waals surface area contributed by atoms with Crippen molar-refractivity contribution < 1.29 is 9.47 Å². The Morgan fingerprint density at radius 1 is 1.08 bits per heavy atom. The van der Waals surface area contributed by atoms with Gasteiger partial charge in [-0.3, -0.25) is 0 Å². The fourth-order valence-corrected chi connectivity index (χ4v) is 1.13. The molecular weight excluding hydrogens is 164 g/mol. The van der Waals surface area contributed by atoms with E-state index < -0.39 is 0 Å². The molecule has 0 radical (unpaired) electrons. The topological polar surface area (TPSA) is 18.5 Å². The summed E-state index contributed by atoms with van der Waals surface area (Å²) in [7, 11) is 0. The van der Waals surface area contributed by atoms with Crippen LogP contribution in [0.3, 0.4) is 0 Å². The van der Waals surface area contributed by atoms with Crippen LogP contribution in [0.1, 0.15) is 47.0 Å². The summed E-state index contributed by atoms with van der Waals surface area (Å²) in [6.07, 6.45) is 4.02. The average Bonchev–Trinajstić information content (AvgIpc) is 2.02. The van der Waals surface area contributed by atoms with Crippen molar-refractivity contribution in [1.82, 2.24) is 0 Å². The van der Waals surface area contributed by atoms with Crippen LogP contribution < -0.4 is 0 Å². The van der Waals surface area contributed by atoms with Gasteiger partial charge in [-0.2, -0.15) is 0 Å². The molecule has 80 valence electrons. The highest BCUT2D eigenvalue weighted by Crippen LogP contribution is 2.02. The summed E-state index contributed by atoms with van der Waals surface area (Å²) in [5.74, 6) is 0. The predicted molar refractivity (Wildman–Crippen MR) is 56.0 cm³/mol. The zero-order valence-electron chi connectivity index (χ0n) is 9.51. The lowest BCUT2D eigenvalue weighted by atomic mass is 10.3. The van der Waals surface area contributed by atoms with Crippen LogP contribution in [0.25, 0.3) is 0 Å². The van der Waals surface area contributed by atoms with Crippen LogP contribution in [0.15, 0.2) is 0 Å². The molecule has 0 aromatic rings. The molecule has 2 nitrogen and oxygen atoms in total. The monoisotopic (exact) mass is 188 g/mol. The molecule has 2 heteroatoms. The Morgan fingerprint density at radius 3 is 2.31 bits per heavy atom. The zero-order chi connectivity index (χ0) is 10.1. The second kappa shape index (κ2) is 8.52. The van der Waals surface area contributed by atoms with Gasteiger partial charge in [0, 0.05) is 13.2 Å². The van der Waals surface area contributed by atoms with E-state index in [9.17, 15) is 0 Å². The minimum absolute atomic E-state index is 0.321. The van der Waals surface area contributed by atoms with Crippen molar-refractivity contribution in [3.05, 3.63) is 0 Å². The van der Waals surface area contributed by atoms with E-state index >= 15 is 0 Å². The van der Waals surface area contributed by atoms with Gasteiger partial charge in [0.25, 0.3) is 0 Å². The first-order chi connectivity index (χ1) is 6.16. The van der Waals surface area contributed by atoms with E-state index in [1.165, 1.54) is 12.8 Å². The van der Waals surface area contributed by atoms with Gasteiger partial charge >= 0.3 is 0 Å². The maximum Gasteiger partial charge on any atom is 0.0572 e. The molecule has 1 atom stereocenters. The molecule has 13 heavy (non-hydrogen) atoms. The molecule has 0 aliphatic heterocycles. The predicted octanol–water partition coefficient (Wildman–Crippen LogP) is 3.01. The van der Waals surface area contributed by atoms with Gasteiger partial charge in [0.1, 0.15) is 0 Å². The summed E-state index contributed by atoms with van der Waals surface area (Å²) in [6.45, 7) is 10.1. The molecule has 0 saturated carbocycles. The first-order valence-electron chi connectivity index (χ1n) is 5.40. The molecular formula is C11H24O2. The number of hydrogen-bond donors (Lipinski definition) is 0. The van der Waals surface area contributed by atoms with Crippen molar-refractivity contribution >= 4 is 0 Å². The summed E-state index contributed by atoms with van der Waals surface area (Å²) >= 11 is 0. The van der Waals surface area contributed by atoms with Crippen LogP contribution in [0.4, 0.5) is 0 Å². The molecule has 0 heterocycles. The second-order valence-electron chi connectivity index (χ2n) is 3.75. The van der Waals surface area contributed by atoms with E-state index in [4.69, 9.17) is 9.47 Å². The van der Waals surface area contributed by atoms with Crippen LogP contribution in [-0.2, 0) is 9.47 Å². The van der Waals surface area contributed by atoms with Gasteiger partial charge < -0.3 is 9.47 Å². The molecule has 0 spiro atoms. The first-order valence-corrected chi connectivity index (χ1v) is 5.40. The number of unbranched alkanes of at least 4 members (excludes halogenated alkanes) is 1. The SMILES string of the molecule is CCCCOCCC(C)OC(C)C. The van der Waals surface area contributed by atoms with Crippen LogP contribution in [-0.4, -0.2) is 25.4 Å². The van der Waals surface area contributed by atoms with Gasteiger partial charge in [0.15, 0.2) is 0 Å². The highest BCUT2D eigenvalue weighted by atomic mass is 16.5. The maximum absolute atomic E-state index is 5.58. The highest BCUT2D eigenvalue weighted by Gasteiger charge is 2.03. The minimum atomic E-state index is 0.321. The first kappa shape index (κ1) is 12.9. The van der Waals surface area contributed by atoms with Crippen molar-refractivity contribution in [3.8, 4) is 0 Å². The van der Waals surface area contributed by atoms with E-state index in [1.54, 1.807) is 0 Å². The smallest absolute Gasteiger partial charge is 0.0572 e. The Hall–Kier alpha value is -0.0800. The van der Waals surface area contributed by atoms with Crippen molar-refractivity contribution in [1.29, 1.82) is 0 Å². The molecule has 0 rings (SSSR count). The standard InChI is InChI=1S/C11H24O2/c1-5-6-8-12-9-7-11(4)13-10(2)3/h10-11H,5-9H2,1-4H3. The summed E-state index contributed by atoms with van der Waals surface area (Å²) < 4.78 is 11.0. The van der Waals surface area contributed by atoms with E-state index in [1.807, 2.05) is 0 Å². The van der Waals surface area contributed by atoms with E-state index in [2.05, 4.69) is 27.7 Å². The summed E-state index contributed by atoms with van der Waals surface area (Å²) in [4.78, 5) is 0. The van der Waals surface area contributed by atoms with Gasteiger partial charge in [-0.25, -0.2) is 0 Å². The molecule has 1 unspecified atom stereocenters. The normalized spacial score (nSPS) is 13.6. The Balaban J connectivity index is 3.12. The summed E-state index contributed by atoms with van der Waals surface area (Å²) in [6, 6.07) is 0. The Labute approximate surface area is 82.6 Å². The molecule has 0 aliphatic carbocycles. The van der Waals surface area contributed by atoms with Crippen LogP contribution in [0.5, 0.6) is 0 Å². The molecule has 0 amide bonds. The lowest BCUT2D eigenvalue weighted by Crippen LogP contribution is -2.16. The van der Waals surface area contributed by atoms with Gasteiger partial charge in [0.2, 0.25) is 0 Å². The Kier molecular flexibility index (Phi) is 8.46. The molecule has 0 saturated heterocycles. The lowest BCUT2D eigenvalue weighted by molar-refractivity contribution is -0.00343. The largest absolute Gasteiger partial charge is 0.381 e. The van der Waals surface area contributed by atoms with Gasteiger partial charge in [0.05, 0.1) is 12.2 Å². The van der Waals surface area contributed by atoms with Crippen molar-refractivity contribution in [2.45, 2.75) is 59.2 Å². The van der Waals surface area contributed by atoms with Gasteiger partial charge in [-0.05, 0) is 33.6 Å². The van der Waals surface area contributed by atoms with Crippen LogP contribution in [0, 0.1) is 0 Å². The van der Waals surface area contributed by atoms with Crippen molar-refractivity contribution in [3.63, 3.8) is 0 Å². The van der Waals surface area contributed by atoms with Crippen LogP contribution >= 0.6 is 0 Å². The van der Waals surface area contributed by atoms with Gasteiger partial charge in [-0.15, -0.1) is 0 Å². The van der Waals surface area contributed by atoms with Crippen LogP contribution in [0.2, 0.25) is 0 Å². The lowest BCUT2D eigenvalue weighted by Gasteiger charge is -2.15. The molecule has 0 N–H and O–H groups in total. The molecule has 0 aromatic carbocycles. The molecule has 0 aromatic heterocycles. The van der Waals surface area contributed by atoms with E-state index in [-0.39, 0.29) is 0 Å². The molecule has 0 bridgehead atoms. The number of ether oxygens (including phenoxy) is 2. The van der Waals surface area contributed by atoms with Crippen molar-refractivity contribution in [2.24, 2.45) is 0 Å². The fourth-order valence-electron chi connectivity index (χ4n) is 1.13. The third-order valence-electron chi connectivity index (χ3n) is 1.82. The summed E-state index contributed by atoms with van der Waals surface area (Å²) in [5.41, 5.74) is 0. The Bertz CT molecular complexity index is 102. The third kappa shape index (κ3) is 9.84. The van der Waals surface area contributed by atoms with Gasteiger partial charge in [-0.1, -0.05) is 13.3 Å². The quantitative estimate of drug-likeness (QED) is 0.545. The average molecular weight is 188 g/mol. The summed E-state index contributed by atoms with van der Waals surface area (Å²) in [5, 5.41) is 0. The molecule has 0 fully saturated rings. The number of rotatable bonds is 8. The minimum Gasteiger partial charge on any atom is -0.381 e. The zero-order valence-corrected chi connectivity index (χ0v) is 9.51. The van der Waals surface area contributed by atoms with E-state index in [0.717, 1.165) is 19.6 Å². The Morgan fingerprint density at radius 2 is 1.77 bits per heavy atom. The third-order valence-corrected chi connectivity index (χ3v) is 1.82. The maximum atomic E-state index is 5.58. The van der Waals surface area contributed by atoms with Crippen molar-refractivity contribution in [2.75, 3.05) is 13.2 Å². The highest BCUT2D eigenvalue weighted by molar-refractivity contribution is 4.51. The second-order valence-corrected chi connectivity index (χ2v) is 3.75. The molecule has 0 aliphatic rings.